The summed E-state index contributed by atoms with van der Waals surface area (Å²) in [5.74, 6) is -0.0681. The molecule has 0 aliphatic carbocycles. The SMILES string of the molecule is CCCC(C)(N)C(=O)NCCc1ccc(Br)cc1.Cl. The average Bonchev–Trinajstić information content (AvgIpc) is 2.31. The van der Waals surface area contributed by atoms with Gasteiger partial charge in [0.25, 0.3) is 0 Å². The van der Waals surface area contributed by atoms with E-state index in [-0.39, 0.29) is 18.3 Å². The number of benzene rings is 1. The lowest BCUT2D eigenvalue weighted by Gasteiger charge is -2.22. The number of carbonyl (C=O) groups is 1. The van der Waals surface area contributed by atoms with Gasteiger partial charge in [0.05, 0.1) is 5.54 Å². The second-order valence-electron chi connectivity index (χ2n) is 4.80. The van der Waals surface area contributed by atoms with E-state index in [4.69, 9.17) is 5.73 Å². The van der Waals surface area contributed by atoms with Gasteiger partial charge < -0.3 is 11.1 Å². The molecular formula is C14H22BrClN2O. The monoisotopic (exact) mass is 348 g/mol. The van der Waals surface area contributed by atoms with Crippen LogP contribution in [0.2, 0.25) is 0 Å². The van der Waals surface area contributed by atoms with Crippen molar-refractivity contribution in [3.05, 3.63) is 34.3 Å². The van der Waals surface area contributed by atoms with Crippen LogP contribution in [0, 0.1) is 0 Å². The molecule has 1 amide bonds. The van der Waals surface area contributed by atoms with Crippen LogP contribution in [0.4, 0.5) is 0 Å². The molecule has 0 heterocycles. The van der Waals surface area contributed by atoms with Gasteiger partial charge in [0.1, 0.15) is 0 Å². The Kier molecular flexibility index (Phi) is 8.30. The van der Waals surface area contributed by atoms with Crippen LogP contribution in [0.25, 0.3) is 0 Å². The van der Waals surface area contributed by atoms with Crippen molar-refractivity contribution in [1.29, 1.82) is 0 Å². The van der Waals surface area contributed by atoms with Crippen LogP contribution >= 0.6 is 28.3 Å². The number of nitrogens with two attached hydrogens (primary N) is 1. The molecule has 3 N–H and O–H groups in total. The van der Waals surface area contributed by atoms with Crippen LogP contribution in [0.1, 0.15) is 32.3 Å². The molecule has 5 heteroatoms. The van der Waals surface area contributed by atoms with Crippen molar-refractivity contribution < 1.29 is 4.79 Å². The van der Waals surface area contributed by atoms with E-state index < -0.39 is 5.54 Å². The summed E-state index contributed by atoms with van der Waals surface area (Å²) in [6.07, 6.45) is 2.44. The lowest BCUT2D eigenvalue weighted by molar-refractivity contribution is -0.126. The van der Waals surface area contributed by atoms with Crippen LogP contribution in [0.15, 0.2) is 28.7 Å². The molecule has 0 aliphatic heterocycles. The third-order valence-electron chi connectivity index (χ3n) is 2.90. The Labute approximate surface area is 129 Å². The summed E-state index contributed by atoms with van der Waals surface area (Å²) in [7, 11) is 0. The van der Waals surface area contributed by atoms with Gasteiger partial charge in [-0.25, -0.2) is 0 Å². The molecule has 0 saturated heterocycles. The van der Waals surface area contributed by atoms with Crippen LogP contribution < -0.4 is 11.1 Å². The lowest BCUT2D eigenvalue weighted by atomic mass is 9.96. The molecule has 1 aromatic rings. The summed E-state index contributed by atoms with van der Waals surface area (Å²) in [4.78, 5) is 11.9. The molecule has 1 rings (SSSR count). The lowest BCUT2D eigenvalue weighted by Crippen LogP contribution is -2.51. The zero-order chi connectivity index (χ0) is 13.6. The maximum atomic E-state index is 11.9. The molecule has 0 aliphatic rings. The fourth-order valence-corrected chi connectivity index (χ4v) is 2.07. The van der Waals surface area contributed by atoms with Gasteiger partial charge >= 0.3 is 0 Å². The van der Waals surface area contributed by atoms with Gasteiger partial charge in [-0.1, -0.05) is 41.4 Å². The van der Waals surface area contributed by atoms with Crippen molar-refractivity contribution in [1.82, 2.24) is 5.32 Å². The number of nitrogens with one attached hydrogen (secondary N) is 1. The Hall–Kier alpha value is -0.580. The highest BCUT2D eigenvalue weighted by Crippen LogP contribution is 2.11. The van der Waals surface area contributed by atoms with Gasteiger partial charge in [-0.15, -0.1) is 12.4 Å². The number of hydrogen-bond donors (Lipinski definition) is 2. The number of hydrogen-bond acceptors (Lipinski definition) is 2. The van der Waals surface area contributed by atoms with E-state index in [0.717, 1.165) is 17.3 Å². The van der Waals surface area contributed by atoms with E-state index in [9.17, 15) is 4.79 Å². The molecule has 0 bridgehead atoms. The number of carbonyl (C=O) groups excluding carboxylic acids is 1. The second-order valence-corrected chi connectivity index (χ2v) is 5.72. The Morgan fingerprint density at radius 1 is 1.37 bits per heavy atom. The summed E-state index contributed by atoms with van der Waals surface area (Å²) in [5.41, 5.74) is 6.40. The number of amides is 1. The fraction of sp³-hybridized carbons (Fsp3) is 0.500. The van der Waals surface area contributed by atoms with E-state index >= 15 is 0 Å². The Morgan fingerprint density at radius 2 is 1.95 bits per heavy atom. The van der Waals surface area contributed by atoms with E-state index in [2.05, 4.69) is 21.2 Å². The normalized spacial score (nSPS) is 13.3. The standard InChI is InChI=1S/C14H21BrN2O.ClH/c1-3-9-14(2,16)13(18)17-10-8-11-4-6-12(15)7-5-11;/h4-7H,3,8-10,16H2,1-2H3,(H,17,18);1H. The first kappa shape index (κ1) is 18.4. The molecule has 0 radical (unpaired) electrons. The van der Waals surface area contributed by atoms with E-state index in [1.807, 2.05) is 31.2 Å². The van der Waals surface area contributed by atoms with Gasteiger partial charge in [-0.3, -0.25) is 4.79 Å². The first-order valence-electron chi connectivity index (χ1n) is 6.27. The van der Waals surface area contributed by atoms with Gasteiger partial charge in [0.2, 0.25) is 5.91 Å². The Bertz CT molecular complexity index is 393. The highest BCUT2D eigenvalue weighted by molar-refractivity contribution is 9.10. The molecule has 108 valence electrons. The third-order valence-corrected chi connectivity index (χ3v) is 3.43. The molecule has 1 atom stereocenters. The Balaban J connectivity index is 0.00000324. The van der Waals surface area contributed by atoms with Crippen LogP contribution in [-0.2, 0) is 11.2 Å². The van der Waals surface area contributed by atoms with Crippen molar-refractivity contribution in [2.24, 2.45) is 5.73 Å². The van der Waals surface area contributed by atoms with Gasteiger partial charge in [0, 0.05) is 11.0 Å². The first-order chi connectivity index (χ1) is 8.45. The molecule has 19 heavy (non-hydrogen) atoms. The zero-order valence-electron chi connectivity index (χ0n) is 11.4. The summed E-state index contributed by atoms with van der Waals surface area (Å²) in [6.45, 7) is 4.43. The summed E-state index contributed by atoms with van der Waals surface area (Å²) >= 11 is 3.39. The predicted octanol–water partition coefficient (Wildman–Crippen LogP) is 3.05. The molecule has 1 unspecified atom stereocenters. The van der Waals surface area contributed by atoms with Crippen LogP contribution in [0.5, 0.6) is 0 Å². The zero-order valence-corrected chi connectivity index (χ0v) is 13.8. The molecular weight excluding hydrogens is 328 g/mol. The highest BCUT2D eigenvalue weighted by Gasteiger charge is 2.26. The van der Waals surface area contributed by atoms with Crippen molar-refractivity contribution in [2.45, 2.75) is 38.6 Å². The summed E-state index contributed by atoms with van der Waals surface area (Å²) in [5, 5.41) is 2.90. The Morgan fingerprint density at radius 3 is 2.47 bits per heavy atom. The minimum absolute atomic E-state index is 0. The van der Waals surface area contributed by atoms with Crippen molar-refractivity contribution in [2.75, 3.05) is 6.54 Å². The predicted molar refractivity (Wildman–Crippen MR) is 85.6 cm³/mol. The molecule has 0 fully saturated rings. The number of halogens is 2. The third kappa shape index (κ3) is 6.41. The van der Waals surface area contributed by atoms with Gasteiger partial charge in [0.15, 0.2) is 0 Å². The average molecular weight is 350 g/mol. The molecule has 0 saturated carbocycles. The molecule has 1 aromatic carbocycles. The van der Waals surface area contributed by atoms with Crippen molar-refractivity contribution in [3.63, 3.8) is 0 Å². The minimum atomic E-state index is -0.755. The second kappa shape index (κ2) is 8.56. The van der Waals surface area contributed by atoms with E-state index in [1.165, 1.54) is 5.56 Å². The molecule has 0 aromatic heterocycles. The first-order valence-corrected chi connectivity index (χ1v) is 7.06. The van der Waals surface area contributed by atoms with Crippen LogP contribution in [0.3, 0.4) is 0 Å². The molecule has 3 nitrogen and oxygen atoms in total. The van der Waals surface area contributed by atoms with E-state index in [1.54, 1.807) is 6.92 Å². The van der Waals surface area contributed by atoms with Gasteiger partial charge in [-0.2, -0.15) is 0 Å². The van der Waals surface area contributed by atoms with Crippen molar-refractivity contribution >= 4 is 34.2 Å². The fourth-order valence-electron chi connectivity index (χ4n) is 1.81. The van der Waals surface area contributed by atoms with Crippen LogP contribution in [-0.4, -0.2) is 18.0 Å². The smallest absolute Gasteiger partial charge is 0.239 e. The summed E-state index contributed by atoms with van der Waals surface area (Å²) < 4.78 is 1.06. The molecule has 0 spiro atoms. The maximum absolute atomic E-state index is 11.9. The van der Waals surface area contributed by atoms with Crippen molar-refractivity contribution in [3.8, 4) is 0 Å². The minimum Gasteiger partial charge on any atom is -0.354 e. The maximum Gasteiger partial charge on any atom is 0.239 e. The number of rotatable bonds is 6. The van der Waals surface area contributed by atoms with E-state index in [0.29, 0.717) is 13.0 Å². The largest absolute Gasteiger partial charge is 0.354 e. The topological polar surface area (TPSA) is 55.1 Å². The summed E-state index contributed by atoms with van der Waals surface area (Å²) in [6, 6.07) is 8.09. The highest BCUT2D eigenvalue weighted by atomic mass is 79.9. The quantitative estimate of drug-likeness (QED) is 0.829. The van der Waals surface area contributed by atoms with Gasteiger partial charge in [-0.05, 0) is 37.5 Å².